The van der Waals surface area contributed by atoms with Gasteiger partial charge in [-0.15, -0.1) is 0 Å². The summed E-state index contributed by atoms with van der Waals surface area (Å²) in [4.78, 5) is 23.7. The summed E-state index contributed by atoms with van der Waals surface area (Å²) in [5.74, 6) is -1.13. The van der Waals surface area contributed by atoms with E-state index in [9.17, 15) is 19.8 Å². The molecule has 0 heterocycles. The van der Waals surface area contributed by atoms with Gasteiger partial charge in [0.25, 0.3) is 0 Å². The van der Waals surface area contributed by atoms with Crippen LogP contribution in [0.2, 0.25) is 0 Å². The van der Waals surface area contributed by atoms with Crippen LogP contribution in [-0.2, 0) is 9.59 Å². The van der Waals surface area contributed by atoms with Crippen molar-refractivity contribution in [3.05, 3.63) is 0 Å². The molecule has 0 radical (unpaired) electrons. The van der Waals surface area contributed by atoms with Crippen LogP contribution in [0.5, 0.6) is 0 Å². The standard InChI is InChI=1S/C16H29NO4/c1-3-8-15(2,21)12-17-13(18)11-16(14(19)20)9-6-4-5-7-10-16/h21H,3-12H2,1-2H3,(H,17,18)(H,19,20). The zero-order valence-electron chi connectivity index (χ0n) is 13.3. The van der Waals surface area contributed by atoms with Crippen molar-refractivity contribution >= 4 is 11.9 Å². The normalized spacial score (nSPS) is 21.1. The molecule has 3 N–H and O–H groups in total. The monoisotopic (exact) mass is 299 g/mol. The van der Waals surface area contributed by atoms with Gasteiger partial charge < -0.3 is 15.5 Å². The maximum Gasteiger partial charge on any atom is 0.310 e. The van der Waals surface area contributed by atoms with Gasteiger partial charge in [0.05, 0.1) is 11.0 Å². The summed E-state index contributed by atoms with van der Waals surface area (Å²) in [5, 5.41) is 22.3. The lowest BCUT2D eigenvalue weighted by Crippen LogP contribution is -2.43. The van der Waals surface area contributed by atoms with Crippen molar-refractivity contribution in [1.29, 1.82) is 0 Å². The fraction of sp³-hybridized carbons (Fsp3) is 0.875. The Bertz CT molecular complexity index is 357. The van der Waals surface area contributed by atoms with Gasteiger partial charge in [-0.1, -0.05) is 39.0 Å². The van der Waals surface area contributed by atoms with Crippen molar-refractivity contribution in [2.24, 2.45) is 5.41 Å². The molecular formula is C16H29NO4. The Morgan fingerprint density at radius 2 is 1.76 bits per heavy atom. The van der Waals surface area contributed by atoms with Gasteiger partial charge in [-0.25, -0.2) is 0 Å². The number of aliphatic hydroxyl groups is 1. The van der Waals surface area contributed by atoms with Crippen LogP contribution in [-0.4, -0.2) is 34.2 Å². The Hall–Kier alpha value is -1.10. The quantitative estimate of drug-likeness (QED) is 0.630. The minimum Gasteiger partial charge on any atom is -0.481 e. The van der Waals surface area contributed by atoms with Crippen LogP contribution in [0.4, 0.5) is 0 Å². The van der Waals surface area contributed by atoms with Crippen LogP contribution < -0.4 is 5.32 Å². The summed E-state index contributed by atoms with van der Waals surface area (Å²) in [5.41, 5.74) is -1.85. The second kappa shape index (κ2) is 7.78. The molecule has 122 valence electrons. The number of hydrogen-bond donors (Lipinski definition) is 3. The second-order valence-corrected chi connectivity index (χ2v) is 6.70. The summed E-state index contributed by atoms with van der Waals surface area (Å²) in [6, 6.07) is 0. The van der Waals surface area contributed by atoms with E-state index >= 15 is 0 Å². The van der Waals surface area contributed by atoms with E-state index in [1.54, 1.807) is 6.92 Å². The fourth-order valence-electron chi connectivity index (χ4n) is 3.16. The lowest BCUT2D eigenvalue weighted by molar-refractivity contribution is -0.153. The number of carbonyl (C=O) groups is 2. The number of aliphatic carboxylic acids is 1. The Balaban J connectivity index is 2.59. The van der Waals surface area contributed by atoms with E-state index in [0.29, 0.717) is 19.3 Å². The largest absolute Gasteiger partial charge is 0.481 e. The van der Waals surface area contributed by atoms with Crippen LogP contribution in [0.3, 0.4) is 0 Å². The molecule has 0 aromatic heterocycles. The molecule has 0 spiro atoms. The van der Waals surface area contributed by atoms with E-state index in [2.05, 4.69) is 5.32 Å². The van der Waals surface area contributed by atoms with E-state index in [1.807, 2.05) is 6.92 Å². The molecule has 1 amide bonds. The van der Waals surface area contributed by atoms with Crippen molar-refractivity contribution in [3.8, 4) is 0 Å². The predicted octanol–water partition coefficient (Wildman–Crippen LogP) is 2.47. The first kappa shape index (κ1) is 18.0. The molecule has 0 aromatic carbocycles. The molecule has 0 aromatic rings. The Kier molecular flexibility index (Phi) is 6.65. The van der Waals surface area contributed by atoms with E-state index in [4.69, 9.17) is 0 Å². The maximum absolute atomic E-state index is 12.1. The molecule has 1 saturated carbocycles. The first-order valence-corrected chi connectivity index (χ1v) is 8.04. The van der Waals surface area contributed by atoms with Gasteiger partial charge in [-0.3, -0.25) is 9.59 Å². The van der Waals surface area contributed by atoms with E-state index < -0.39 is 17.0 Å². The maximum atomic E-state index is 12.1. The van der Waals surface area contributed by atoms with Crippen LogP contribution >= 0.6 is 0 Å². The molecule has 1 fully saturated rings. The second-order valence-electron chi connectivity index (χ2n) is 6.70. The number of carboxylic acid groups (broad SMARTS) is 1. The molecule has 1 rings (SSSR count). The fourth-order valence-corrected chi connectivity index (χ4v) is 3.16. The smallest absolute Gasteiger partial charge is 0.310 e. The highest BCUT2D eigenvalue weighted by molar-refractivity contribution is 5.85. The summed E-state index contributed by atoms with van der Waals surface area (Å²) < 4.78 is 0. The van der Waals surface area contributed by atoms with E-state index in [-0.39, 0.29) is 18.9 Å². The third kappa shape index (κ3) is 5.65. The lowest BCUT2D eigenvalue weighted by Gasteiger charge is -2.28. The molecule has 5 heteroatoms. The predicted molar refractivity (Wildman–Crippen MR) is 80.9 cm³/mol. The van der Waals surface area contributed by atoms with Crippen molar-refractivity contribution in [2.45, 2.75) is 77.2 Å². The average Bonchev–Trinajstić information content (AvgIpc) is 2.63. The molecule has 1 aliphatic rings. The summed E-state index contributed by atoms with van der Waals surface area (Å²) >= 11 is 0. The molecule has 5 nitrogen and oxygen atoms in total. The van der Waals surface area contributed by atoms with Crippen LogP contribution in [0.1, 0.15) is 71.6 Å². The molecule has 0 saturated heterocycles. The lowest BCUT2D eigenvalue weighted by atomic mass is 9.77. The Morgan fingerprint density at radius 3 is 2.24 bits per heavy atom. The number of amides is 1. The highest BCUT2D eigenvalue weighted by Gasteiger charge is 2.40. The van der Waals surface area contributed by atoms with Crippen molar-refractivity contribution in [1.82, 2.24) is 5.32 Å². The average molecular weight is 299 g/mol. The Morgan fingerprint density at radius 1 is 1.19 bits per heavy atom. The number of carboxylic acids is 1. The van der Waals surface area contributed by atoms with Crippen molar-refractivity contribution < 1.29 is 19.8 Å². The first-order valence-electron chi connectivity index (χ1n) is 8.04. The molecule has 0 aliphatic heterocycles. The SMILES string of the molecule is CCCC(C)(O)CNC(=O)CC1(C(=O)O)CCCCCC1. The minimum absolute atomic E-state index is 0.0184. The van der Waals surface area contributed by atoms with Gasteiger partial charge in [0.15, 0.2) is 0 Å². The van der Waals surface area contributed by atoms with Gasteiger partial charge in [-0.05, 0) is 26.2 Å². The van der Waals surface area contributed by atoms with Gasteiger partial charge in [0, 0.05) is 13.0 Å². The third-order valence-corrected chi connectivity index (χ3v) is 4.47. The van der Waals surface area contributed by atoms with Gasteiger partial charge in [0.1, 0.15) is 0 Å². The number of carbonyl (C=O) groups excluding carboxylic acids is 1. The van der Waals surface area contributed by atoms with Gasteiger partial charge in [-0.2, -0.15) is 0 Å². The number of rotatable bonds is 7. The topological polar surface area (TPSA) is 86.6 Å². The first-order chi connectivity index (χ1) is 9.81. The van der Waals surface area contributed by atoms with Gasteiger partial charge >= 0.3 is 5.97 Å². The van der Waals surface area contributed by atoms with Crippen LogP contribution in [0.15, 0.2) is 0 Å². The molecule has 1 aliphatic carbocycles. The summed E-state index contributed by atoms with van der Waals surface area (Å²) in [7, 11) is 0. The zero-order valence-corrected chi connectivity index (χ0v) is 13.3. The van der Waals surface area contributed by atoms with Crippen LogP contribution in [0, 0.1) is 5.41 Å². The van der Waals surface area contributed by atoms with E-state index in [1.165, 1.54) is 0 Å². The van der Waals surface area contributed by atoms with E-state index in [0.717, 1.165) is 32.1 Å². The summed E-state index contributed by atoms with van der Waals surface area (Å²) in [6.45, 7) is 3.84. The van der Waals surface area contributed by atoms with Crippen LogP contribution in [0.25, 0.3) is 0 Å². The van der Waals surface area contributed by atoms with Crippen molar-refractivity contribution in [2.75, 3.05) is 6.54 Å². The highest BCUT2D eigenvalue weighted by atomic mass is 16.4. The van der Waals surface area contributed by atoms with Crippen molar-refractivity contribution in [3.63, 3.8) is 0 Å². The minimum atomic E-state index is -0.926. The molecule has 1 unspecified atom stereocenters. The third-order valence-electron chi connectivity index (χ3n) is 4.47. The number of nitrogens with one attached hydrogen (secondary N) is 1. The summed E-state index contributed by atoms with van der Waals surface area (Å²) in [6.07, 6.45) is 6.43. The number of hydrogen-bond acceptors (Lipinski definition) is 3. The molecule has 0 bridgehead atoms. The zero-order chi connectivity index (χ0) is 15.9. The molecule has 1 atom stereocenters. The molecule has 21 heavy (non-hydrogen) atoms. The highest BCUT2D eigenvalue weighted by Crippen LogP contribution is 2.38. The van der Waals surface area contributed by atoms with Gasteiger partial charge in [0.2, 0.25) is 5.91 Å². The Labute approximate surface area is 127 Å². The molecular weight excluding hydrogens is 270 g/mol.